The molecule has 0 spiro atoms. The minimum absolute atomic E-state index is 0.0604. The first kappa shape index (κ1) is 31.5. The van der Waals surface area contributed by atoms with E-state index >= 15 is 0 Å². The number of ether oxygens (including phenoxy) is 3. The Bertz CT molecular complexity index is 1970. The smallest absolute Gasteiger partial charge is 0.338 e. The van der Waals surface area contributed by atoms with Crippen LogP contribution in [0.4, 0.5) is 0 Å². The van der Waals surface area contributed by atoms with Gasteiger partial charge in [0, 0.05) is 22.2 Å². The van der Waals surface area contributed by atoms with Crippen molar-refractivity contribution in [1.82, 2.24) is 9.13 Å². The lowest BCUT2D eigenvalue weighted by atomic mass is 9.94. The van der Waals surface area contributed by atoms with Crippen molar-refractivity contribution in [3.05, 3.63) is 94.7 Å². The van der Waals surface area contributed by atoms with Gasteiger partial charge in [-0.15, -0.1) is 0 Å². The van der Waals surface area contributed by atoms with E-state index in [0.717, 1.165) is 34.1 Å². The Morgan fingerprint density at radius 3 is 2.52 bits per heavy atom. The second-order valence-electron chi connectivity index (χ2n) is 10.2. The molecule has 0 saturated carbocycles. The van der Waals surface area contributed by atoms with E-state index in [0.29, 0.717) is 43.9 Å². The maximum absolute atomic E-state index is 14.3. The van der Waals surface area contributed by atoms with Crippen LogP contribution in [0.3, 0.4) is 0 Å². The number of nitrogens with zero attached hydrogens (tertiary/aromatic N) is 3. The number of benzene rings is 2. The first-order valence-corrected chi connectivity index (χ1v) is 16.1. The zero-order chi connectivity index (χ0) is 31.5. The van der Waals surface area contributed by atoms with Gasteiger partial charge >= 0.3 is 11.9 Å². The molecule has 2 aromatic carbocycles. The molecule has 0 N–H and O–H groups in total. The number of methoxy groups -OCH3 is 1. The number of rotatable bonds is 10. The van der Waals surface area contributed by atoms with Crippen molar-refractivity contribution in [2.24, 2.45) is 4.99 Å². The van der Waals surface area contributed by atoms with Crippen LogP contribution in [0.1, 0.15) is 56.5 Å². The number of esters is 2. The number of hydrogen-bond donors (Lipinski definition) is 0. The van der Waals surface area contributed by atoms with Crippen LogP contribution in [0, 0.1) is 6.92 Å². The molecule has 1 aliphatic heterocycles. The second-order valence-corrected chi connectivity index (χ2v) is 12.1. The van der Waals surface area contributed by atoms with E-state index in [-0.39, 0.29) is 24.7 Å². The number of carbonyl (C=O) groups excluding carboxylic acids is 2. The molecule has 0 amide bonds. The number of carbonyl (C=O) groups is 2. The summed E-state index contributed by atoms with van der Waals surface area (Å²) in [5.41, 5.74) is 3.94. The van der Waals surface area contributed by atoms with E-state index in [9.17, 15) is 14.4 Å². The maximum Gasteiger partial charge on any atom is 0.338 e. The van der Waals surface area contributed by atoms with Gasteiger partial charge < -0.3 is 18.8 Å². The molecule has 9 nitrogen and oxygen atoms in total. The van der Waals surface area contributed by atoms with E-state index < -0.39 is 12.0 Å². The van der Waals surface area contributed by atoms with Gasteiger partial charge in [0.25, 0.3) is 5.56 Å². The zero-order valence-electron chi connectivity index (χ0n) is 25.3. The fraction of sp³-hybridized carbons (Fsp3) is 0.333. The fourth-order valence-electron chi connectivity index (χ4n) is 5.60. The summed E-state index contributed by atoms with van der Waals surface area (Å²) >= 11 is 4.85. The summed E-state index contributed by atoms with van der Waals surface area (Å²) in [7, 11) is 1.58. The molecule has 1 atom stereocenters. The SMILES string of the molecule is CCCC1=C(C(=O)OCC)[C@@H](c2ccc(OC)c(Br)c2)n2c(s/c(=C\c3c(C)n(CC(=O)OCC)c4ccccc34)c2=O)=N1. The van der Waals surface area contributed by atoms with Gasteiger partial charge in [0.1, 0.15) is 12.3 Å². The van der Waals surface area contributed by atoms with E-state index in [4.69, 9.17) is 19.2 Å². The predicted octanol–water partition coefficient (Wildman–Crippen LogP) is 5.18. The molecule has 1 aliphatic rings. The van der Waals surface area contributed by atoms with Crippen molar-refractivity contribution < 1.29 is 23.8 Å². The van der Waals surface area contributed by atoms with Crippen molar-refractivity contribution in [2.45, 2.75) is 53.1 Å². The van der Waals surface area contributed by atoms with Crippen LogP contribution in [0.25, 0.3) is 17.0 Å². The van der Waals surface area contributed by atoms with Gasteiger partial charge in [-0.3, -0.25) is 14.2 Å². The van der Waals surface area contributed by atoms with Crippen LogP contribution in [-0.4, -0.2) is 41.4 Å². The summed E-state index contributed by atoms with van der Waals surface area (Å²) < 4.78 is 20.8. The number of halogens is 1. The average molecular weight is 681 g/mol. The van der Waals surface area contributed by atoms with Gasteiger partial charge in [-0.2, -0.15) is 0 Å². The quantitative estimate of drug-likeness (QED) is 0.214. The summed E-state index contributed by atoms with van der Waals surface area (Å²) in [6, 6.07) is 12.5. The van der Waals surface area contributed by atoms with Crippen molar-refractivity contribution in [2.75, 3.05) is 20.3 Å². The number of aromatic nitrogens is 2. The first-order chi connectivity index (χ1) is 21.2. The first-order valence-electron chi connectivity index (χ1n) is 14.5. The van der Waals surface area contributed by atoms with Crippen molar-refractivity contribution in [1.29, 1.82) is 0 Å². The Morgan fingerprint density at radius 2 is 1.84 bits per heavy atom. The lowest BCUT2D eigenvalue weighted by Gasteiger charge is -2.26. The molecule has 3 heterocycles. The van der Waals surface area contributed by atoms with Gasteiger partial charge in [0.15, 0.2) is 4.80 Å². The lowest BCUT2D eigenvalue weighted by Crippen LogP contribution is -2.40. The Morgan fingerprint density at radius 1 is 1.09 bits per heavy atom. The number of hydrogen-bond acceptors (Lipinski definition) is 8. The van der Waals surface area contributed by atoms with E-state index in [1.807, 2.05) is 60.9 Å². The molecule has 0 saturated heterocycles. The number of thiazole rings is 1. The summed E-state index contributed by atoms with van der Waals surface area (Å²) in [5, 5.41) is 0.912. The largest absolute Gasteiger partial charge is 0.496 e. The van der Waals surface area contributed by atoms with Crippen LogP contribution in [-0.2, 0) is 25.6 Å². The summed E-state index contributed by atoms with van der Waals surface area (Å²) in [6.45, 7) is 8.04. The number of fused-ring (bicyclic) bond motifs is 2. The normalized spacial score (nSPS) is 14.9. The Kier molecular flexibility index (Phi) is 9.55. The van der Waals surface area contributed by atoms with E-state index in [1.54, 1.807) is 31.6 Å². The van der Waals surface area contributed by atoms with Crippen molar-refractivity contribution in [3.63, 3.8) is 0 Å². The second kappa shape index (κ2) is 13.4. The highest BCUT2D eigenvalue weighted by Crippen LogP contribution is 2.36. The van der Waals surface area contributed by atoms with Crippen molar-refractivity contribution in [3.8, 4) is 5.75 Å². The molecule has 4 aromatic rings. The van der Waals surface area contributed by atoms with Gasteiger partial charge in [0.2, 0.25) is 0 Å². The molecular weight excluding hydrogens is 646 g/mol. The minimum Gasteiger partial charge on any atom is -0.496 e. The number of para-hydroxylation sites is 1. The van der Waals surface area contributed by atoms with E-state index in [2.05, 4.69) is 15.9 Å². The monoisotopic (exact) mass is 679 g/mol. The van der Waals surface area contributed by atoms with Crippen LogP contribution in [0.2, 0.25) is 0 Å². The molecule has 2 aromatic heterocycles. The maximum atomic E-state index is 14.3. The Balaban J connectivity index is 1.76. The predicted molar refractivity (Wildman–Crippen MR) is 174 cm³/mol. The third-order valence-corrected chi connectivity index (χ3v) is 9.13. The Hall–Kier alpha value is -3.96. The van der Waals surface area contributed by atoms with Crippen LogP contribution >= 0.6 is 27.3 Å². The van der Waals surface area contributed by atoms with Gasteiger partial charge in [-0.05, 0) is 73.0 Å². The molecule has 0 bridgehead atoms. The Labute approximate surface area is 267 Å². The summed E-state index contributed by atoms with van der Waals surface area (Å²) in [6.07, 6.45) is 3.17. The molecule has 230 valence electrons. The third kappa shape index (κ3) is 5.78. The van der Waals surface area contributed by atoms with E-state index in [1.165, 1.54) is 11.3 Å². The highest BCUT2D eigenvalue weighted by Gasteiger charge is 2.34. The van der Waals surface area contributed by atoms with Crippen LogP contribution < -0.4 is 19.6 Å². The molecule has 0 radical (unpaired) electrons. The average Bonchev–Trinajstić information content (AvgIpc) is 3.45. The van der Waals surface area contributed by atoms with Crippen LogP contribution in [0.15, 0.2) is 68.0 Å². The highest BCUT2D eigenvalue weighted by molar-refractivity contribution is 9.10. The summed E-state index contributed by atoms with van der Waals surface area (Å²) in [5.74, 6) is -0.196. The highest BCUT2D eigenvalue weighted by atomic mass is 79.9. The topological polar surface area (TPSA) is 101 Å². The molecule has 11 heteroatoms. The third-order valence-electron chi connectivity index (χ3n) is 7.53. The molecule has 0 fully saturated rings. The fourth-order valence-corrected chi connectivity index (χ4v) is 7.16. The van der Waals surface area contributed by atoms with Gasteiger partial charge in [-0.25, -0.2) is 9.79 Å². The van der Waals surface area contributed by atoms with Crippen LogP contribution in [0.5, 0.6) is 5.75 Å². The zero-order valence-corrected chi connectivity index (χ0v) is 27.7. The standard InChI is InChI=1S/C33H34BrN3O6S/c1-6-11-24-29(32(40)43-8-3)30(20-14-15-26(41-5)23(34)16-20)37-31(39)27(44-33(37)35-24)17-22-19(4)36(18-28(38)42-7-2)25-13-10-9-12-21(22)25/h9-10,12-17,30H,6-8,11,18H2,1-5H3/b27-17-/t30-/m1/s1. The molecule has 0 unspecified atom stereocenters. The molecular formula is C33H34BrN3O6S. The minimum atomic E-state index is -0.748. The van der Waals surface area contributed by atoms with Gasteiger partial charge in [-0.1, -0.05) is 48.9 Å². The molecule has 5 rings (SSSR count). The summed E-state index contributed by atoms with van der Waals surface area (Å²) in [4.78, 5) is 45.6. The lowest BCUT2D eigenvalue weighted by molar-refractivity contribution is -0.143. The molecule has 0 aliphatic carbocycles. The number of allylic oxidation sites excluding steroid dienone is 1. The molecule has 44 heavy (non-hydrogen) atoms. The van der Waals surface area contributed by atoms with Crippen molar-refractivity contribution >= 4 is 56.2 Å². The van der Waals surface area contributed by atoms with Gasteiger partial charge in [0.05, 0.1) is 46.6 Å².